The molecule has 3 heterocycles. The number of aromatic nitrogens is 1. The fourth-order valence-corrected chi connectivity index (χ4v) is 3.01. The molecule has 1 N–H and O–H groups in total. The fraction of sp³-hybridized carbons (Fsp3) is 0.267. The third-order valence-corrected chi connectivity index (χ3v) is 4.05. The molecule has 0 saturated heterocycles. The lowest BCUT2D eigenvalue weighted by atomic mass is 10.2. The highest BCUT2D eigenvalue weighted by atomic mass is 32.1. The zero-order valence-electron chi connectivity index (χ0n) is 11.4. The van der Waals surface area contributed by atoms with E-state index in [9.17, 15) is 0 Å². The third kappa shape index (κ3) is 2.55. The second kappa shape index (κ2) is 5.64. The molecule has 4 nitrogen and oxygen atoms in total. The molecule has 0 saturated carbocycles. The predicted octanol–water partition coefficient (Wildman–Crippen LogP) is 4.00. The minimum atomic E-state index is -0.0126. The van der Waals surface area contributed by atoms with Gasteiger partial charge in [-0.2, -0.15) is 0 Å². The van der Waals surface area contributed by atoms with Gasteiger partial charge in [-0.15, -0.1) is 11.3 Å². The van der Waals surface area contributed by atoms with Crippen LogP contribution in [0.5, 0.6) is 0 Å². The van der Waals surface area contributed by atoms with Gasteiger partial charge in [0.2, 0.25) is 0 Å². The van der Waals surface area contributed by atoms with Crippen molar-refractivity contribution in [2.45, 2.75) is 13.0 Å². The summed E-state index contributed by atoms with van der Waals surface area (Å²) in [5.41, 5.74) is 2.06. The van der Waals surface area contributed by atoms with E-state index in [4.69, 9.17) is 9.15 Å². The van der Waals surface area contributed by atoms with E-state index >= 15 is 0 Å². The normalized spacial score (nSPS) is 12.7. The Bertz CT molecular complexity index is 705. The van der Waals surface area contributed by atoms with Gasteiger partial charge < -0.3 is 14.5 Å². The summed E-state index contributed by atoms with van der Waals surface area (Å²) >= 11 is 1.68. The first-order chi connectivity index (χ1) is 9.78. The van der Waals surface area contributed by atoms with Crippen LogP contribution < -0.4 is 5.32 Å². The smallest absolute Gasteiger partial charge is 0.128 e. The number of hydrogen-bond acceptors (Lipinski definition) is 5. The molecule has 0 aromatic carbocycles. The fourth-order valence-electron chi connectivity index (χ4n) is 2.18. The van der Waals surface area contributed by atoms with Gasteiger partial charge in [0.05, 0.1) is 22.5 Å². The SMILES string of the molecule is COCC(Nc1ccnc2ccsc12)c1ccc(C)o1. The molecule has 0 aliphatic carbocycles. The van der Waals surface area contributed by atoms with Crippen LogP contribution in [-0.2, 0) is 4.74 Å². The molecule has 3 rings (SSSR count). The highest BCUT2D eigenvalue weighted by Gasteiger charge is 2.16. The molecule has 1 atom stereocenters. The van der Waals surface area contributed by atoms with Crippen molar-refractivity contribution in [2.75, 3.05) is 19.0 Å². The van der Waals surface area contributed by atoms with Crippen molar-refractivity contribution in [3.63, 3.8) is 0 Å². The average molecular weight is 288 g/mol. The van der Waals surface area contributed by atoms with Crippen molar-refractivity contribution in [2.24, 2.45) is 0 Å². The Morgan fingerprint density at radius 2 is 2.25 bits per heavy atom. The van der Waals surface area contributed by atoms with Gasteiger partial charge in [-0.3, -0.25) is 4.98 Å². The molecule has 104 valence electrons. The summed E-state index contributed by atoms with van der Waals surface area (Å²) in [4.78, 5) is 4.35. The maximum absolute atomic E-state index is 5.71. The topological polar surface area (TPSA) is 47.3 Å². The van der Waals surface area contributed by atoms with Crippen LogP contribution in [-0.4, -0.2) is 18.7 Å². The molecule has 3 aromatic rings. The number of aryl methyl sites for hydroxylation is 1. The minimum absolute atomic E-state index is 0.0126. The Labute approximate surface area is 121 Å². The first-order valence-corrected chi connectivity index (χ1v) is 7.30. The van der Waals surface area contributed by atoms with Gasteiger partial charge in [0.25, 0.3) is 0 Å². The summed E-state index contributed by atoms with van der Waals surface area (Å²) in [6.45, 7) is 2.49. The van der Waals surface area contributed by atoms with Gasteiger partial charge >= 0.3 is 0 Å². The number of rotatable bonds is 5. The summed E-state index contributed by atoms with van der Waals surface area (Å²) in [5.74, 6) is 1.78. The van der Waals surface area contributed by atoms with Crippen LogP contribution in [0, 0.1) is 6.92 Å². The van der Waals surface area contributed by atoms with Crippen LogP contribution in [0.15, 0.2) is 40.3 Å². The Balaban J connectivity index is 1.91. The molecule has 0 aliphatic rings. The number of fused-ring (bicyclic) bond motifs is 1. The van der Waals surface area contributed by atoms with Gasteiger partial charge in [-0.05, 0) is 36.6 Å². The summed E-state index contributed by atoms with van der Waals surface area (Å²) in [7, 11) is 1.69. The first-order valence-electron chi connectivity index (χ1n) is 6.42. The lowest BCUT2D eigenvalue weighted by Gasteiger charge is -2.17. The molecule has 1 unspecified atom stereocenters. The quantitative estimate of drug-likeness (QED) is 0.771. The van der Waals surface area contributed by atoms with Gasteiger partial charge in [-0.25, -0.2) is 0 Å². The molecule has 3 aromatic heterocycles. The Morgan fingerprint density at radius 3 is 3.00 bits per heavy atom. The second-order valence-electron chi connectivity index (χ2n) is 4.59. The molecule has 0 aliphatic heterocycles. The number of hydrogen-bond donors (Lipinski definition) is 1. The standard InChI is InChI=1S/C15H16N2O2S/c1-10-3-4-14(19-10)13(9-18-2)17-12-5-7-16-11-6-8-20-15(11)12/h3-8,13H,9H2,1-2H3,(H,16,17). The van der Waals surface area contributed by atoms with E-state index in [1.54, 1.807) is 18.4 Å². The third-order valence-electron chi connectivity index (χ3n) is 3.11. The average Bonchev–Trinajstić information content (AvgIpc) is 3.07. The number of methoxy groups -OCH3 is 1. The van der Waals surface area contributed by atoms with Crippen LogP contribution in [0.1, 0.15) is 17.6 Å². The van der Waals surface area contributed by atoms with Crippen LogP contribution in [0.2, 0.25) is 0 Å². The van der Waals surface area contributed by atoms with E-state index in [0.717, 1.165) is 27.4 Å². The molecule has 0 spiro atoms. The van der Waals surface area contributed by atoms with Gasteiger partial charge in [-0.1, -0.05) is 0 Å². The number of ether oxygens (including phenoxy) is 1. The molecule has 0 bridgehead atoms. The van der Waals surface area contributed by atoms with Crippen molar-refractivity contribution >= 4 is 27.2 Å². The molecule has 0 fully saturated rings. The van der Waals surface area contributed by atoms with Gasteiger partial charge in [0, 0.05) is 13.3 Å². The van der Waals surface area contributed by atoms with E-state index in [1.807, 2.05) is 42.8 Å². The molecule has 0 amide bonds. The van der Waals surface area contributed by atoms with Crippen molar-refractivity contribution in [1.29, 1.82) is 0 Å². The Morgan fingerprint density at radius 1 is 1.35 bits per heavy atom. The number of nitrogens with one attached hydrogen (secondary N) is 1. The summed E-state index contributed by atoms with van der Waals surface area (Å²) < 4.78 is 12.2. The number of anilines is 1. The largest absolute Gasteiger partial charge is 0.464 e. The second-order valence-corrected chi connectivity index (χ2v) is 5.51. The zero-order valence-corrected chi connectivity index (χ0v) is 12.2. The molecular weight excluding hydrogens is 272 g/mol. The van der Waals surface area contributed by atoms with Crippen LogP contribution in [0.3, 0.4) is 0 Å². The van der Waals surface area contributed by atoms with Crippen LogP contribution in [0.4, 0.5) is 5.69 Å². The molecule has 5 heteroatoms. The maximum atomic E-state index is 5.71. The predicted molar refractivity (Wildman–Crippen MR) is 81.3 cm³/mol. The Kier molecular flexibility index (Phi) is 3.71. The number of furan rings is 1. The van der Waals surface area contributed by atoms with E-state index in [2.05, 4.69) is 10.3 Å². The molecule has 20 heavy (non-hydrogen) atoms. The zero-order chi connectivity index (χ0) is 13.9. The molecular formula is C15H16N2O2S. The maximum Gasteiger partial charge on any atom is 0.128 e. The molecule has 0 radical (unpaired) electrons. The first kappa shape index (κ1) is 13.1. The van der Waals surface area contributed by atoms with Crippen molar-refractivity contribution in [3.8, 4) is 0 Å². The van der Waals surface area contributed by atoms with Crippen molar-refractivity contribution in [1.82, 2.24) is 4.98 Å². The highest BCUT2D eigenvalue weighted by Crippen LogP contribution is 2.30. The number of pyridine rings is 1. The Hall–Kier alpha value is -1.85. The number of thiophene rings is 1. The summed E-state index contributed by atoms with van der Waals surface area (Å²) in [6.07, 6.45) is 1.81. The minimum Gasteiger partial charge on any atom is -0.464 e. The van der Waals surface area contributed by atoms with E-state index in [1.165, 1.54) is 0 Å². The van der Waals surface area contributed by atoms with E-state index in [0.29, 0.717) is 6.61 Å². The van der Waals surface area contributed by atoms with Crippen molar-refractivity contribution < 1.29 is 9.15 Å². The summed E-state index contributed by atoms with van der Waals surface area (Å²) in [5, 5.41) is 5.54. The van der Waals surface area contributed by atoms with Gasteiger partial charge in [0.1, 0.15) is 17.6 Å². The lowest BCUT2D eigenvalue weighted by molar-refractivity contribution is 0.178. The summed E-state index contributed by atoms with van der Waals surface area (Å²) in [6, 6.07) is 7.94. The number of nitrogens with zero attached hydrogens (tertiary/aromatic N) is 1. The lowest BCUT2D eigenvalue weighted by Crippen LogP contribution is -2.15. The van der Waals surface area contributed by atoms with E-state index < -0.39 is 0 Å². The monoisotopic (exact) mass is 288 g/mol. The van der Waals surface area contributed by atoms with Crippen LogP contribution in [0.25, 0.3) is 10.2 Å². The van der Waals surface area contributed by atoms with E-state index in [-0.39, 0.29) is 6.04 Å². The van der Waals surface area contributed by atoms with Gasteiger partial charge in [0.15, 0.2) is 0 Å². The highest BCUT2D eigenvalue weighted by molar-refractivity contribution is 7.17. The van der Waals surface area contributed by atoms with Crippen LogP contribution >= 0.6 is 11.3 Å². The van der Waals surface area contributed by atoms with Crippen molar-refractivity contribution in [3.05, 3.63) is 47.4 Å².